The van der Waals surface area contributed by atoms with Crippen LogP contribution in [0.15, 0.2) is 6.20 Å². The highest BCUT2D eigenvalue weighted by molar-refractivity contribution is 5.89. The highest BCUT2D eigenvalue weighted by atomic mass is 19.4. The molecule has 0 aliphatic heterocycles. The number of aromatic nitrogens is 1. The first kappa shape index (κ1) is 14.1. The topological polar surface area (TPSA) is 59.4 Å². The zero-order chi connectivity index (χ0) is 14.1. The molecule has 0 aromatic carbocycles. The molecule has 0 fully saturated rings. The molecule has 4 nitrogen and oxygen atoms in total. The summed E-state index contributed by atoms with van der Waals surface area (Å²) in [6.45, 7) is 0. The van der Waals surface area contributed by atoms with E-state index in [-0.39, 0.29) is 6.20 Å². The Morgan fingerprint density at radius 1 is 1.39 bits per heavy atom. The fraction of sp³-hybridized carbons (Fsp3) is 0.250. The molecule has 0 atom stereocenters. The molecule has 0 saturated heterocycles. The van der Waals surface area contributed by atoms with Crippen LogP contribution in [0.3, 0.4) is 0 Å². The van der Waals surface area contributed by atoms with Crippen LogP contribution in [-0.4, -0.2) is 22.4 Å². The maximum atomic E-state index is 13.2. The van der Waals surface area contributed by atoms with E-state index in [1.807, 2.05) is 0 Å². The first-order valence-electron chi connectivity index (χ1n) is 4.09. The fourth-order valence-electron chi connectivity index (χ4n) is 1.05. The minimum absolute atomic E-state index is 0.161. The van der Waals surface area contributed by atoms with E-state index in [1.54, 1.807) is 0 Å². The number of alkyl halides is 5. The van der Waals surface area contributed by atoms with Crippen LogP contribution in [0.1, 0.15) is 22.3 Å². The summed E-state index contributed by atoms with van der Waals surface area (Å²) in [5.41, 5.74) is -2.95. The lowest BCUT2D eigenvalue weighted by atomic mass is 10.1. The number of rotatable bonds is 3. The van der Waals surface area contributed by atoms with Gasteiger partial charge in [0, 0.05) is 6.20 Å². The van der Waals surface area contributed by atoms with Crippen LogP contribution in [0.2, 0.25) is 0 Å². The van der Waals surface area contributed by atoms with E-state index < -0.39 is 41.6 Å². The monoisotopic (exact) mass is 275 g/mol. The minimum Gasteiger partial charge on any atom is -0.478 e. The van der Waals surface area contributed by atoms with Crippen LogP contribution in [0.25, 0.3) is 0 Å². The molecule has 1 aromatic rings. The number of carboxylic acids is 1. The number of carboxylic acid groups (broad SMARTS) is 1. The zero-order valence-corrected chi connectivity index (χ0v) is 8.13. The number of ether oxygens (including phenoxy) is 1. The standard InChI is InChI=1S/C8H3F6NO3/c9-4-3(5(10)11)2(7(16)17)1-15-6(4)18-8(12,13)14/h1,5H,(H,16,17). The molecule has 0 radical (unpaired) electrons. The summed E-state index contributed by atoms with van der Waals surface area (Å²) in [5, 5.41) is 8.46. The van der Waals surface area contributed by atoms with E-state index in [0.717, 1.165) is 0 Å². The Kier molecular flexibility index (Phi) is 3.67. The van der Waals surface area contributed by atoms with Crippen molar-refractivity contribution < 1.29 is 41.0 Å². The van der Waals surface area contributed by atoms with Crippen molar-refractivity contribution in [3.05, 3.63) is 23.1 Å². The summed E-state index contributed by atoms with van der Waals surface area (Å²) < 4.78 is 76.4. The second kappa shape index (κ2) is 4.70. The van der Waals surface area contributed by atoms with E-state index in [4.69, 9.17) is 5.11 Å². The number of carbonyl (C=O) groups is 1. The molecule has 0 amide bonds. The van der Waals surface area contributed by atoms with E-state index in [2.05, 4.69) is 9.72 Å². The van der Waals surface area contributed by atoms with Crippen LogP contribution < -0.4 is 4.74 Å². The summed E-state index contributed by atoms with van der Waals surface area (Å²) >= 11 is 0. The van der Waals surface area contributed by atoms with Crippen molar-refractivity contribution in [2.45, 2.75) is 12.8 Å². The quantitative estimate of drug-likeness (QED) is 0.862. The lowest BCUT2D eigenvalue weighted by Crippen LogP contribution is -2.20. The normalized spacial score (nSPS) is 11.7. The van der Waals surface area contributed by atoms with E-state index in [0.29, 0.717) is 0 Å². The van der Waals surface area contributed by atoms with Gasteiger partial charge in [-0.2, -0.15) is 0 Å². The third kappa shape index (κ3) is 3.02. The molecule has 0 spiro atoms. The predicted octanol–water partition coefficient (Wildman–Crippen LogP) is 2.76. The van der Waals surface area contributed by atoms with Gasteiger partial charge >= 0.3 is 12.3 Å². The first-order valence-corrected chi connectivity index (χ1v) is 4.09. The molecule has 0 unspecified atom stereocenters. The summed E-state index contributed by atoms with van der Waals surface area (Å²) in [6.07, 6.45) is -8.80. The van der Waals surface area contributed by atoms with Crippen molar-refractivity contribution in [3.63, 3.8) is 0 Å². The number of pyridine rings is 1. The van der Waals surface area contributed by atoms with Crippen molar-refractivity contribution in [1.82, 2.24) is 4.98 Å². The maximum absolute atomic E-state index is 13.2. The fourth-order valence-corrected chi connectivity index (χ4v) is 1.05. The van der Waals surface area contributed by atoms with Gasteiger partial charge in [-0.25, -0.2) is 22.9 Å². The summed E-state index contributed by atoms with van der Waals surface area (Å²) in [7, 11) is 0. The van der Waals surface area contributed by atoms with Gasteiger partial charge in [-0.15, -0.1) is 13.2 Å². The van der Waals surface area contributed by atoms with Gasteiger partial charge in [0.25, 0.3) is 12.3 Å². The third-order valence-corrected chi connectivity index (χ3v) is 1.69. The molecule has 0 saturated carbocycles. The second-order valence-electron chi connectivity index (χ2n) is 2.86. The SMILES string of the molecule is O=C(O)c1cnc(OC(F)(F)F)c(F)c1C(F)F. The number of hydrogen-bond donors (Lipinski definition) is 1. The zero-order valence-electron chi connectivity index (χ0n) is 8.13. The van der Waals surface area contributed by atoms with Gasteiger partial charge in [0.15, 0.2) is 5.82 Å². The Hall–Kier alpha value is -2.00. The van der Waals surface area contributed by atoms with Crippen LogP contribution in [0.5, 0.6) is 5.88 Å². The molecular formula is C8H3F6NO3. The Morgan fingerprint density at radius 3 is 2.33 bits per heavy atom. The third-order valence-electron chi connectivity index (χ3n) is 1.69. The maximum Gasteiger partial charge on any atom is 0.574 e. The van der Waals surface area contributed by atoms with Crippen molar-refractivity contribution in [2.75, 3.05) is 0 Å². The molecule has 1 rings (SSSR count). The molecule has 1 aromatic heterocycles. The van der Waals surface area contributed by atoms with Gasteiger partial charge < -0.3 is 9.84 Å². The van der Waals surface area contributed by atoms with Crippen molar-refractivity contribution in [2.24, 2.45) is 0 Å². The molecule has 18 heavy (non-hydrogen) atoms. The molecule has 0 aliphatic rings. The van der Waals surface area contributed by atoms with Gasteiger partial charge in [0.1, 0.15) is 0 Å². The molecule has 100 valence electrons. The Bertz CT molecular complexity index is 473. The van der Waals surface area contributed by atoms with Crippen molar-refractivity contribution in [3.8, 4) is 5.88 Å². The van der Waals surface area contributed by atoms with Crippen LogP contribution in [-0.2, 0) is 0 Å². The van der Waals surface area contributed by atoms with E-state index in [1.165, 1.54) is 0 Å². The lowest BCUT2D eigenvalue weighted by Gasteiger charge is -2.12. The number of aromatic carboxylic acids is 1. The summed E-state index contributed by atoms with van der Waals surface area (Å²) in [6, 6.07) is 0. The predicted molar refractivity (Wildman–Crippen MR) is 42.8 cm³/mol. The van der Waals surface area contributed by atoms with Gasteiger partial charge in [-0.1, -0.05) is 0 Å². The first-order chi connectivity index (χ1) is 8.13. The van der Waals surface area contributed by atoms with Crippen LogP contribution in [0.4, 0.5) is 26.3 Å². The Balaban J connectivity index is 3.35. The molecule has 1 N–H and O–H groups in total. The summed E-state index contributed by atoms with van der Waals surface area (Å²) in [5.74, 6) is -5.87. The van der Waals surface area contributed by atoms with Gasteiger partial charge in [-0.05, 0) is 0 Å². The Morgan fingerprint density at radius 2 is 1.94 bits per heavy atom. The Labute approximate surface area is 94.8 Å². The van der Waals surface area contributed by atoms with Crippen LogP contribution in [0, 0.1) is 5.82 Å². The molecular weight excluding hydrogens is 272 g/mol. The van der Waals surface area contributed by atoms with Crippen molar-refractivity contribution in [1.29, 1.82) is 0 Å². The lowest BCUT2D eigenvalue weighted by molar-refractivity contribution is -0.277. The van der Waals surface area contributed by atoms with Gasteiger partial charge in [0.05, 0.1) is 11.1 Å². The highest BCUT2D eigenvalue weighted by Crippen LogP contribution is 2.32. The molecule has 0 bridgehead atoms. The second-order valence-corrected chi connectivity index (χ2v) is 2.86. The average Bonchev–Trinajstić information content (AvgIpc) is 2.17. The number of nitrogens with zero attached hydrogens (tertiary/aromatic N) is 1. The highest BCUT2D eigenvalue weighted by Gasteiger charge is 2.35. The molecule has 0 aliphatic carbocycles. The van der Waals surface area contributed by atoms with Gasteiger partial charge in [0.2, 0.25) is 0 Å². The van der Waals surface area contributed by atoms with E-state index >= 15 is 0 Å². The molecule has 1 heterocycles. The summed E-state index contributed by atoms with van der Waals surface area (Å²) in [4.78, 5) is 13.2. The van der Waals surface area contributed by atoms with Gasteiger partial charge in [-0.3, -0.25) is 0 Å². The number of hydrogen-bond acceptors (Lipinski definition) is 3. The number of halogens is 6. The van der Waals surface area contributed by atoms with E-state index in [9.17, 15) is 31.1 Å². The average molecular weight is 275 g/mol. The minimum atomic E-state index is -5.34. The largest absolute Gasteiger partial charge is 0.574 e. The van der Waals surface area contributed by atoms with Crippen LogP contribution >= 0.6 is 0 Å². The van der Waals surface area contributed by atoms with Crippen molar-refractivity contribution >= 4 is 5.97 Å². The smallest absolute Gasteiger partial charge is 0.478 e. The molecule has 10 heteroatoms.